The molecule has 1 saturated heterocycles. The maximum atomic E-state index is 13.1. The molecule has 6 nitrogen and oxygen atoms in total. The minimum Gasteiger partial charge on any atom is -0.497 e. The molecule has 1 aromatic heterocycles. The van der Waals surface area contributed by atoms with Crippen LogP contribution in [0.1, 0.15) is 24.8 Å². The van der Waals surface area contributed by atoms with Gasteiger partial charge < -0.3 is 9.84 Å². The van der Waals surface area contributed by atoms with Crippen LogP contribution in [0.5, 0.6) is 5.75 Å². The van der Waals surface area contributed by atoms with E-state index in [4.69, 9.17) is 4.74 Å². The molecule has 144 valence electrons. The van der Waals surface area contributed by atoms with Crippen LogP contribution in [0.3, 0.4) is 0 Å². The molecule has 2 aromatic rings. The van der Waals surface area contributed by atoms with Crippen molar-refractivity contribution in [2.24, 2.45) is 11.8 Å². The number of methoxy groups -OCH3 is 1. The van der Waals surface area contributed by atoms with Gasteiger partial charge in [0.2, 0.25) is 10.0 Å². The molecule has 1 aromatic carbocycles. The Morgan fingerprint density at radius 3 is 2.67 bits per heavy atom. The third-order valence-electron chi connectivity index (χ3n) is 6.01. The number of aliphatic hydroxyl groups is 1. The number of hydrogen-bond acceptors (Lipinski definition) is 5. The maximum absolute atomic E-state index is 13.1. The van der Waals surface area contributed by atoms with E-state index < -0.39 is 15.6 Å². The van der Waals surface area contributed by atoms with Gasteiger partial charge in [0.05, 0.1) is 17.6 Å². The fourth-order valence-corrected chi connectivity index (χ4v) is 6.08. The summed E-state index contributed by atoms with van der Waals surface area (Å²) in [7, 11) is -2.05. The van der Waals surface area contributed by atoms with Crippen molar-refractivity contribution >= 4 is 10.0 Å². The smallest absolute Gasteiger partial charge is 0.243 e. The Bertz CT molecular complexity index is 901. The Kier molecular flexibility index (Phi) is 4.70. The second-order valence-electron chi connectivity index (χ2n) is 7.42. The van der Waals surface area contributed by atoms with Crippen molar-refractivity contribution in [1.29, 1.82) is 0 Å². The Morgan fingerprint density at radius 2 is 2.00 bits per heavy atom. The second-order valence-corrected chi connectivity index (χ2v) is 9.36. The molecule has 2 heterocycles. The zero-order valence-electron chi connectivity index (χ0n) is 15.3. The van der Waals surface area contributed by atoms with E-state index in [9.17, 15) is 13.5 Å². The highest BCUT2D eigenvalue weighted by Crippen LogP contribution is 2.48. The Balaban J connectivity index is 1.62. The van der Waals surface area contributed by atoms with Crippen molar-refractivity contribution < 1.29 is 18.3 Å². The number of benzene rings is 1. The first-order valence-electron chi connectivity index (χ1n) is 9.22. The molecule has 2 fully saturated rings. The molecule has 1 N–H and O–H groups in total. The van der Waals surface area contributed by atoms with Crippen LogP contribution in [0.25, 0.3) is 0 Å². The molecular formula is C20H24N2O4S. The summed E-state index contributed by atoms with van der Waals surface area (Å²) in [6.45, 7) is 0.770. The lowest BCUT2D eigenvalue weighted by molar-refractivity contribution is -0.0643. The Morgan fingerprint density at radius 1 is 1.22 bits per heavy atom. The topological polar surface area (TPSA) is 79.7 Å². The molecule has 0 radical (unpaired) electrons. The van der Waals surface area contributed by atoms with E-state index in [-0.39, 0.29) is 16.7 Å². The quantitative estimate of drug-likeness (QED) is 0.870. The number of rotatable bonds is 4. The van der Waals surface area contributed by atoms with Crippen molar-refractivity contribution in [3.8, 4) is 5.75 Å². The number of pyridine rings is 1. The van der Waals surface area contributed by atoms with Crippen LogP contribution in [0.15, 0.2) is 53.7 Å². The van der Waals surface area contributed by atoms with Crippen LogP contribution in [0.2, 0.25) is 0 Å². The molecule has 2 aliphatic rings. The number of nitrogens with zero attached hydrogens (tertiary/aromatic N) is 2. The maximum Gasteiger partial charge on any atom is 0.243 e. The molecule has 3 atom stereocenters. The van der Waals surface area contributed by atoms with Gasteiger partial charge in [0.1, 0.15) is 5.75 Å². The van der Waals surface area contributed by atoms with Gasteiger partial charge in [-0.05, 0) is 55.5 Å². The molecule has 1 saturated carbocycles. The van der Waals surface area contributed by atoms with Gasteiger partial charge >= 0.3 is 0 Å². The molecule has 0 spiro atoms. The standard InChI is InChI=1S/C20H24N2O4S/c1-26-17-6-8-18(9-7-17)27(24,25)22-13-15-4-2-10-20(23,19(15)14-22)16-5-3-11-21-12-16/h3,5-9,11-12,15,19,23H,2,4,10,13-14H2,1H3/t15-,19+,20-/m0/s1. The van der Waals surface area contributed by atoms with E-state index in [2.05, 4.69) is 4.98 Å². The van der Waals surface area contributed by atoms with Gasteiger partial charge in [-0.1, -0.05) is 6.07 Å². The van der Waals surface area contributed by atoms with Gasteiger partial charge in [-0.15, -0.1) is 0 Å². The van der Waals surface area contributed by atoms with Crippen LogP contribution in [-0.2, 0) is 15.6 Å². The largest absolute Gasteiger partial charge is 0.497 e. The summed E-state index contributed by atoms with van der Waals surface area (Å²) >= 11 is 0. The number of fused-ring (bicyclic) bond motifs is 1. The van der Waals surface area contributed by atoms with Crippen molar-refractivity contribution in [1.82, 2.24) is 9.29 Å². The number of hydrogen-bond donors (Lipinski definition) is 1. The highest BCUT2D eigenvalue weighted by atomic mass is 32.2. The number of aromatic nitrogens is 1. The highest BCUT2D eigenvalue weighted by molar-refractivity contribution is 7.89. The predicted octanol–water partition coefficient (Wildman–Crippen LogP) is 2.40. The lowest BCUT2D eigenvalue weighted by Gasteiger charge is -2.41. The third-order valence-corrected chi connectivity index (χ3v) is 7.86. The van der Waals surface area contributed by atoms with E-state index in [1.807, 2.05) is 12.1 Å². The average molecular weight is 388 g/mol. The van der Waals surface area contributed by atoms with Crippen LogP contribution in [-0.4, -0.2) is 43.0 Å². The first-order valence-corrected chi connectivity index (χ1v) is 10.7. The van der Waals surface area contributed by atoms with Gasteiger partial charge in [0.15, 0.2) is 0 Å². The monoisotopic (exact) mass is 388 g/mol. The van der Waals surface area contributed by atoms with E-state index in [0.717, 1.165) is 18.4 Å². The Hall–Kier alpha value is -1.96. The van der Waals surface area contributed by atoms with Crippen molar-refractivity contribution in [3.05, 3.63) is 54.4 Å². The molecule has 0 amide bonds. The summed E-state index contributed by atoms with van der Waals surface area (Å²) < 4.78 is 32.9. The molecule has 1 aliphatic carbocycles. The SMILES string of the molecule is COc1ccc(S(=O)(=O)N2C[C@@H]3CCC[C@](O)(c4cccnc4)[C@@H]3C2)cc1. The molecular weight excluding hydrogens is 364 g/mol. The third kappa shape index (κ3) is 3.13. The molecule has 0 unspecified atom stereocenters. The highest BCUT2D eigenvalue weighted by Gasteiger charge is 2.52. The van der Waals surface area contributed by atoms with Crippen LogP contribution >= 0.6 is 0 Å². The lowest BCUT2D eigenvalue weighted by atomic mass is 9.68. The number of ether oxygens (including phenoxy) is 1. The zero-order chi connectivity index (χ0) is 19.1. The zero-order valence-corrected chi connectivity index (χ0v) is 16.1. The predicted molar refractivity (Wildman–Crippen MR) is 101 cm³/mol. The lowest BCUT2D eigenvalue weighted by Crippen LogP contribution is -2.43. The normalized spacial score (nSPS) is 28.7. The summed E-state index contributed by atoms with van der Waals surface area (Å²) in [6.07, 6.45) is 5.83. The van der Waals surface area contributed by atoms with Gasteiger partial charge in [-0.25, -0.2) is 8.42 Å². The second kappa shape index (κ2) is 6.89. The molecule has 7 heteroatoms. The average Bonchev–Trinajstić information content (AvgIpc) is 3.16. The van der Waals surface area contributed by atoms with Gasteiger partial charge in [-0.3, -0.25) is 4.98 Å². The molecule has 1 aliphatic heterocycles. The first kappa shape index (κ1) is 18.4. The van der Waals surface area contributed by atoms with Crippen LogP contribution < -0.4 is 4.74 Å². The van der Waals surface area contributed by atoms with E-state index >= 15 is 0 Å². The first-order chi connectivity index (χ1) is 12.9. The Labute approximate surface area is 159 Å². The van der Waals surface area contributed by atoms with Gasteiger partial charge in [-0.2, -0.15) is 4.31 Å². The summed E-state index contributed by atoms with van der Waals surface area (Å²) in [5.74, 6) is 0.649. The van der Waals surface area contributed by atoms with E-state index in [0.29, 0.717) is 25.3 Å². The van der Waals surface area contributed by atoms with Crippen molar-refractivity contribution in [2.45, 2.75) is 29.8 Å². The molecule has 4 rings (SSSR count). The van der Waals surface area contributed by atoms with Gasteiger partial charge in [0, 0.05) is 37.0 Å². The van der Waals surface area contributed by atoms with Crippen LogP contribution in [0.4, 0.5) is 0 Å². The van der Waals surface area contributed by atoms with E-state index in [1.54, 1.807) is 43.8 Å². The summed E-state index contributed by atoms with van der Waals surface area (Å²) in [6, 6.07) is 10.2. The molecule has 0 bridgehead atoms. The van der Waals surface area contributed by atoms with Gasteiger partial charge in [0.25, 0.3) is 0 Å². The summed E-state index contributed by atoms with van der Waals surface area (Å²) in [4.78, 5) is 4.40. The van der Waals surface area contributed by atoms with Crippen molar-refractivity contribution in [2.75, 3.05) is 20.2 Å². The van der Waals surface area contributed by atoms with E-state index in [1.165, 1.54) is 4.31 Å². The summed E-state index contributed by atoms with van der Waals surface area (Å²) in [5.41, 5.74) is -0.246. The number of sulfonamides is 1. The van der Waals surface area contributed by atoms with Crippen molar-refractivity contribution in [3.63, 3.8) is 0 Å². The van der Waals surface area contributed by atoms with Crippen LogP contribution in [0, 0.1) is 11.8 Å². The molecule has 27 heavy (non-hydrogen) atoms. The minimum absolute atomic E-state index is 0.122. The minimum atomic E-state index is -3.60. The fourth-order valence-electron chi connectivity index (χ4n) is 4.55. The fraction of sp³-hybridized carbons (Fsp3) is 0.450. The summed E-state index contributed by atoms with van der Waals surface area (Å²) in [5, 5.41) is 11.5.